The molecule has 0 aromatic heterocycles. The summed E-state index contributed by atoms with van der Waals surface area (Å²) in [5, 5.41) is 11.7. The highest BCUT2D eigenvalue weighted by Gasteiger charge is 2.04. The number of ether oxygens (including phenoxy) is 1. The molecule has 0 fully saturated rings. The van der Waals surface area contributed by atoms with Crippen molar-refractivity contribution >= 4 is 11.6 Å². The van der Waals surface area contributed by atoms with Gasteiger partial charge in [0.25, 0.3) is 0 Å². The van der Waals surface area contributed by atoms with Crippen LogP contribution in [0, 0.1) is 0 Å². The number of nitrogens with one attached hydrogen (secondary N) is 1. The predicted molar refractivity (Wildman–Crippen MR) is 62.4 cm³/mol. The molecule has 1 aromatic carbocycles. The average Bonchev–Trinajstić information content (AvgIpc) is 2.25. The van der Waals surface area contributed by atoms with Crippen LogP contribution in [0.1, 0.15) is 12.5 Å². The molecule has 86 valence electrons. The Morgan fingerprint density at radius 3 is 2.94 bits per heavy atom. The molecule has 0 heterocycles. The lowest BCUT2D eigenvalue weighted by atomic mass is 10.2. The molecule has 1 amide bonds. The molecule has 0 radical (unpaired) electrons. The number of hydrogen-bond acceptors (Lipinski definition) is 3. The van der Waals surface area contributed by atoms with E-state index < -0.39 is 0 Å². The van der Waals surface area contributed by atoms with Gasteiger partial charge in [0.05, 0.1) is 6.61 Å². The summed E-state index contributed by atoms with van der Waals surface area (Å²) in [5.41, 5.74) is 1.32. The number of anilines is 1. The van der Waals surface area contributed by atoms with Gasteiger partial charge in [0.15, 0.2) is 0 Å². The Hall–Kier alpha value is -1.81. The summed E-state index contributed by atoms with van der Waals surface area (Å²) in [4.78, 5) is 10.9. The second-order valence-electron chi connectivity index (χ2n) is 3.26. The molecule has 0 unspecified atom stereocenters. The number of hydrogen-bond donors (Lipinski definition) is 2. The van der Waals surface area contributed by atoms with Gasteiger partial charge in [-0.1, -0.05) is 18.7 Å². The summed E-state index contributed by atoms with van der Waals surface area (Å²) >= 11 is 0. The number of amides is 1. The Morgan fingerprint density at radius 1 is 1.62 bits per heavy atom. The van der Waals surface area contributed by atoms with E-state index in [1.807, 2.05) is 0 Å². The fourth-order valence-corrected chi connectivity index (χ4v) is 1.25. The Kier molecular flexibility index (Phi) is 4.54. The lowest BCUT2D eigenvalue weighted by Gasteiger charge is -2.10. The zero-order valence-electron chi connectivity index (χ0n) is 9.19. The molecule has 2 N–H and O–H groups in total. The highest BCUT2D eigenvalue weighted by atomic mass is 16.5. The van der Waals surface area contributed by atoms with E-state index in [2.05, 4.69) is 11.9 Å². The van der Waals surface area contributed by atoms with E-state index in [4.69, 9.17) is 9.84 Å². The topological polar surface area (TPSA) is 58.6 Å². The van der Waals surface area contributed by atoms with Crippen LogP contribution >= 0.6 is 0 Å². The minimum Gasteiger partial charge on any atom is -0.489 e. The fraction of sp³-hybridized carbons (Fsp3) is 0.250. The third-order valence-electron chi connectivity index (χ3n) is 1.91. The van der Waals surface area contributed by atoms with E-state index in [1.54, 1.807) is 24.3 Å². The second kappa shape index (κ2) is 5.92. The number of benzene rings is 1. The van der Waals surface area contributed by atoms with Gasteiger partial charge in [0.1, 0.15) is 12.4 Å². The molecular weight excluding hydrogens is 206 g/mol. The Bertz CT molecular complexity index is 388. The van der Waals surface area contributed by atoms with Crippen molar-refractivity contribution in [3.63, 3.8) is 0 Å². The summed E-state index contributed by atoms with van der Waals surface area (Å²) in [5.74, 6) is 0.403. The number of rotatable bonds is 5. The SMILES string of the molecule is C=CCOc1cc(NC(C)=O)ccc1CO. The van der Waals surface area contributed by atoms with Crippen LogP contribution in [0.3, 0.4) is 0 Å². The third-order valence-corrected chi connectivity index (χ3v) is 1.91. The average molecular weight is 221 g/mol. The number of carbonyl (C=O) groups is 1. The molecule has 1 rings (SSSR count). The molecule has 4 nitrogen and oxygen atoms in total. The van der Waals surface area contributed by atoms with Gasteiger partial charge in [-0.3, -0.25) is 4.79 Å². The van der Waals surface area contributed by atoms with Gasteiger partial charge >= 0.3 is 0 Å². The zero-order valence-corrected chi connectivity index (χ0v) is 9.19. The van der Waals surface area contributed by atoms with Crippen LogP contribution in [0.2, 0.25) is 0 Å². The summed E-state index contributed by atoms with van der Waals surface area (Å²) in [7, 11) is 0. The highest BCUT2D eigenvalue weighted by molar-refractivity contribution is 5.88. The van der Waals surface area contributed by atoms with Gasteiger partial charge < -0.3 is 15.2 Å². The number of aliphatic hydroxyl groups is 1. The van der Waals surface area contributed by atoms with Crippen molar-refractivity contribution in [2.45, 2.75) is 13.5 Å². The van der Waals surface area contributed by atoms with Gasteiger partial charge in [0.2, 0.25) is 5.91 Å². The molecule has 0 saturated heterocycles. The zero-order chi connectivity index (χ0) is 12.0. The fourth-order valence-electron chi connectivity index (χ4n) is 1.25. The van der Waals surface area contributed by atoms with E-state index in [0.717, 1.165) is 0 Å². The largest absolute Gasteiger partial charge is 0.489 e. The molecule has 0 aliphatic rings. The molecule has 16 heavy (non-hydrogen) atoms. The molecule has 0 atom stereocenters. The maximum atomic E-state index is 10.9. The van der Waals surface area contributed by atoms with Crippen molar-refractivity contribution in [3.05, 3.63) is 36.4 Å². The summed E-state index contributed by atoms with van der Waals surface area (Å²) in [6, 6.07) is 5.11. The predicted octanol–water partition coefficient (Wildman–Crippen LogP) is 1.70. The van der Waals surface area contributed by atoms with Crippen molar-refractivity contribution in [2.24, 2.45) is 0 Å². The van der Waals surface area contributed by atoms with Crippen molar-refractivity contribution in [2.75, 3.05) is 11.9 Å². The molecule has 0 bridgehead atoms. The van der Waals surface area contributed by atoms with Crippen LogP contribution in [0.4, 0.5) is 5.69 Å². The Balaban J connectivity index is 2.91. The molecule has 0 aliphatic heterocycles. The van der Waals surface area contributed by atoms with E-state index in [-0.39, 0.29) is 12.5 Å². The van der Waals surface area contributed by atoms with Gasteiger partial charge in [-0.25, -0.2) is 0 Å². The van der Waals surface area contributed by atoms with E-state index in [9.17, 15) is 4.79 Å². The molecule has 4 heteroatoms. The van der Waals surface area contributed by atoms with Crippen molar-refractivity contribution < 1.29 is 14.6 Å². The first-order valence-corrected chi connectivity index (χ1v) is 4.92. The first kappa shape index (κ1) is 12.3. The third kappa shape index (κ3) is 3.40. The lowest BCUT2D eigenvalue weighted by molar-refractivity contribution is -0.114. The second-order valence-corrected chi connectivity index (χ2v) is 3.26. The van der Waals surface area contributed by atoms with Crippen LogP contribution in [0.15, 0.2) is 30.9 Å². The van der Waals surface area contributed by atoms with Crippen LogP contribution in [-0.2, 0) is 11.4 Å². The number of aliphatic hydroxyl groups excluding tert-OH is 1. The smallest absolute Gasteiger partial charge is 0.221 e. The maximum absolute atomic E-state index is 10.9. The van der Waals surface area contributed by atoms with E-state index in [0.29, 0.717) is 23.6 Å². The van der Waals surface area contributed by atoms with Crippen molar-refractivity contribution in [1.82, 2.24) is 0 Å². The minimum atomic E-state index is -0.147. The molecular formula is C12H15NO3. The molecule has 0 spiro atoms. The van der Waals surface area contributed by atoms with Crippen molar-refractivity contribution in [1.29, 1.82) is 0 Å². The first-order chi connectivity index (χ1) is 7.67. The van der Waals surface area contributed by atoms with Crippen LogP contribution < -0.4 is 10.1 Å². The number of carbonyl (C=O) groups excluding carboxylic acids is 1. The monoisotopic (exact) mass is 221 g/mol. The van der Waals surface area contributed by atoms with Gasteiger partial charge in [0, 0.05) is 24.2 Å². The highest BCUT2D eigenvalue weighted by Crippen LogP contribution is 2.23. The summed E-state index contributed by atoms with van der Waals surface area (Å²) < 4.78 is 5.37. The lowest BCUT2D eigenvalue weighted by Crippen LogP contribution is -2.06. The van der Waals surface area contributed by atoms with Gasteiger partial charge in [-0.15, -0.1) is 0 Å². The standard InChI is InChI=1S/C12H15NO3/c1-3-6-16-12-7-11(13-9(2)15)5-4-10(12)8-14/h3-5,7,14H,1,6,8H2,2H3,(H,13,15). The first-order valence-electron chi connectivity index (χ1n) is 4.92. The molecule has 1 aromatic rings. The van der Waals surface area contributed by atoms with Crippen LogP contribution in [-0.4, -0.2) is 17.6 Å². The molecule has 0 aliphatic carbocycles. The van der Waals surface area contributed by atoms with Gasteiger partial charge in [-0.2, -0.15) is 0 Å². The molecule has 0 saturated carbocycles. The Labute approximate surface area is 94.6 Å². The van der Waals surface area contributed by atoms with E-state index >= 15 is 0 Å². The summed E-state index contributed by atoms with van der Waals surface area (Å²) in [6.07, 6.45) is 1.62. The Morgan fingerprint density at radius 2 is 2.38 bits per heavy atom. The van der Waals surface area contributed by atoms with Gasteiger partial charge in [-0.05, 0) is 6.07 Å². The van der Waals surface area contributed by atoms with Crippen LogP contribution in [0.5, 0.6) is 5.75 Å². The normalized spacial score (nSPS) is 9.62. The van der Waals surface area contributed by atoms with E-state index in [1.165, 1.54) is 6.92 Å². The summed E-state index contributed by atoms with van der Waals surface area (Å²) in [6.45, 7) is 5.23. The quantitative estimate of drug-likeness (QED) is 0.744. The van der Waals surface area contributed by atoms with Crippen molar-refractivity contribution in [3.8, 4) is 5.75 Å². The maximum Gasteiger partial charge on any atom is 0.221 e. The van der Waals surface area contributed by atoms with Crippen LogP contribution in [0.25, 0.3) is 0 Å². The minimum absolute atomic E-state index is 0.104.